The lowest BCUT2D eigenvalue weighted by atomic mass is 10.0. The van der Waals surface area contributed by atoms with Crippen LogP contribution in [-0.2, 0) is 6.54 Å². The van der Waals surface area contributed by atoms with Crippen molar-refractivity contribution >= 4 is 23.5 Å². The van der Waals surface area contributed by atoms with Crippen LogP contribution in [0.2, 0.25) is 0 Å². The molecule has 1 aromatic carbocycles. The predicted molar refractivity (Wildman–Crippen MR) is 105 cm³/mol. The summed E-state index contributed by atoms with van der Waals surface area (Å²) in [5.41, 5.74) is 5.03. The average molecular weight is 353 g/mol. The highest BCUT2D eigenvalue weighted by Gasteiger charge is 2.19. The molecule has 0 unspecified atom stereocenters. The molecule has 1 aromatic heterocycles. The summed E-state index contributed by atoms with van der Waals surface area (Å²) < 4.78 is 0. The number of nitrogens with one attached hydrogen (secondary N) is 2. The van der Waals surface area contributed by atoms with E-state index in [1.54, 1.807) is 12.4 Å². The van der Waals surface area contributed by atoms with Gasteiger partial charge in [0.1, 0.15) is 0 Å². The standard InChI is InChI=1S/C19H23N5S/c25-19(23-21-14-18-8-4-5-11-20-18)22-17-9-12-24(13-10-17)15-16-6-2-1-3-7-16/h1-8,11,14,17H,9-10,12-13,15H2,(H2,22,23,25)/b21-14+. The molecule has 2 aromatic rings. The molecule has 6 heteroatoms. The van der Waals surface area contributed by atoms with E-state index in [-0.39, 0.29) is 0 Å². The first kappa shape index (κ1) is 17.5. The van der Waals surface area contributed by atoms with Crippen LogP contribution in [0.4, 0.5) is 0 Å². The van der Waals surface area contributed by atoms with E-state index in [0.717, 1.165) is 38.2 Å². The van der Waals surface area contributed by atoms with E-state index in [4.69, 9.17) is 12.2 Å². The van der Waals surface area contributed by atoms with E-state index in [1.807, 2.05) is 18.2 Å². The van der Waals surface area contributed by atoms with Gasteiger partial charge in [-0.25, -0.2) is 0 Å². The number of hydrazone groups is 1. The van der Waals surface area contributed by atoms with Crippen molar-refractivity contribution in [2.45, 2.75) is 25.4 Å². The minimum atomic E-state index is 0.400. The number of likely N-dealkylation sites (tertiary alicyclic amines) is 1. The highest BCUT2D eigenvalue weighted by atomic mass is 32.1. The molecule has 0 amide bonds. The van der Waals surface area contributed by atoms with Gasteiger partial charge in [-0.15, -0.1) is 0 Å². The lowest BCUT2D eigenvalue weighted by molar-refractivity contribution is 0.199. The van der Waals surface area contributed by atoms with Gasteiger partial charge in [0.2, 0.25) is 0 Å². The summed E-state index contributed by atoms with van der Waals surface area (Å²) in [7, 11) is 0. The van der Waals surface area contributed by atoms with Gasteiger partial charge in [0, 0.05) is 31.9 Å². The number of rotatable bonds is 5. The highest BCUT2D eigenvalue weighted by molar-refractivity contribution is 7.80. The summed E-state index contributed by atoms with van der Waals surface area (Å²) in [6, 6.07) is 16.7. The minimum Gasteiger partial charge on any atom is -0.358 e. The molecule has 25 heavy (non-hydrogen) atoms. The summed E-state index contributed by atoms with van der Waals surface area (Å²) in [5, 5.41) is 8.04. The van der Waals surface area contributed by atoms with Crippen molar-refractivity contribution in [1.29, 1.82) is 0 Å². The number of aromatic nitrogens is 1. The summed E-state index contributed by atoms with van der Waals surface area (Å²) in [5.74, 6) is 0. The van der Waals surface area contributed by atoms with E-state index >= 15 is 0 Å². The van der Waals surface area contributed by atoms with Crippen molar-refractivity contribution in [1.82, 2.24) is 20.6 Å². The molecule has 1 saturated heterocycles. The predicted octanol–water partition coefficient (Wildman–Crippen LogP) is 2.54. The van der Waals surface area contributed by atoms with Crippen LogP contribution in [0, 0.1) is 0 Å². The summed E-state index contributed by atoms with van der Waals surface area (Å²) in [6.07, 6.45) is 5.56. The van der Waals surface area contributed by atoms with Crippen molar-refractivity contribution in [2.75, 3.05) is 13.1 Å². The van der Waals surface area contributed by atoms with Gasteiger partial charge in [0.15, 0.2) is 5.11 Å². The van der Waals surface area contributed by atoms with E-state index in [9.17, 15) is 0 Å². The van der Waals surface area contributed by atoms with Crippen LogP contribution in [0.15, 0.2) is 59.8 Å². The first-order valence-electron chi connectivity index (χ1n) is 8.56. The zero-order valence-electron chi connectivity index (χ0n) is 14.1. The lowest BCUT2D eigenvalue weighted by Crippen LogP contribution is -2.46. The molecular formula is C19H23N5S. The number of nitrogens with zero attached hydrogens (tertiary/aromatic N) is 3. The third-order valence-corrected chi connectivity index (χ3v) is 4.43. The summed E-state index contributed by atoms with van der Waals surface area (Å²) >= 11 is 5.31. The third-order valence-electron chi connectivity index (χ3n) is 4.22. The fraction of sp³-hybridized carbons (Fsp3) is 0.316. The number of pyridine rings is 1. The van der Waals surface area contributed by atoms with Gasteiger partial charge in [-0.2, -0.15) is 5.10 Å². The van der Waals surface area contributed by atoms with E-state index < -0.39 is 0 Å². The Labute approximate surface area is 154 Å². The van der Waals surface area contributed by atoms with Crippen molar-refractivity contribution in [2.24, 2.45) is 5.10 Å². The van der Waals surface area contributed by atoms with Crippen molar-refractivity contribution in [3.05, 3.63) is 66.0 Å². The monoisotopic (exact) mass is 353 g/mol. The zero-order chi connectivity index (χ0) is 17.3. The molecule has 2 N–H and O–H groups in total. The SMILES string of the molecule is S=C(N/N=C/c1ccccn1)NC1CCN(Cc2ccccc2)CC1. The highest BCUT2D eigenvalue weighted by Crippen LogP contribution is 2.13. The molecule has 5 nitrogen and oxygen atoms in total. The second-order valence-electron chi connectivity index (χ2n) is 6.13. The molecule has 1 aliphatic heterocycles. The molecule has 3 rings (SSSR count). The quantitative estimate of drug-likeness (QED) is 0.491. The van der Waals surface area contributed by atoms with Gasteiger partial charge in [-0.05, 0) is 42.8 Å². The molecule has 0 bridgehead atoms. The molecule has 2 heterocycles. The van der Waals surface area contributed by atoms with Crippen LogP contribution in [0.1, 0.15) is 24.1 Å². The summed E-state index contributed by atoms with van der Waals surface area (Å²) in [6.45, 7) is 3.17. The van der Waals surface area contributed by atoms with Gasteiger partial charge >= 0.3 is 0 Å². The first-order chi connectivity index (χ1) is 12.3. The molecule has 130 valence electrons. The van der Waals surface area contributed by atoms with Crippen molar-refractivity contribution in [3.63, 3.8) is 0 Å². The van der Waals surface area contributed by atoms with Crippen LogP contribution >= 0.6 is 12.2 Å². The second-order valence-corrected chi connectivity index (χ2v) is 6.54. The van der Waals surface area contributed by atoms with Gasteiger partial charge in [-0.3, -0.25) is 15.3 Å². The number of benzene rings is 1. The Balaban J connectivity index is 1.37. The van der Waals surface area contributed by atoms with E-state index in [0.29, 0.717) is 11.2 Å². The van der Waals surface area contributed by atoms with Crippen LogP contribution in [-0.4, -0.2) is 40.3 Å². The maximum Gasteiger partial charge on any atom is 0.187 e. The van der Waals surface area contributed by atoms with Crippen LogP contribution in [0.25, 0.3) is 0 Å². The van der Waals surface area contributed by atoms with Crippen LogP contribution in [0.5, 0.6) is 0 Å². The molecule has 0 radical (unpaired) electrons. The number of hydrogen-bond donors (Lipinski definition) is 2. The van der Waals surface area contributed by atoms with Crippen LogP contribution < -0.4 is 10.7 Å². The Morgan fingerprint density at radius 1 is 1.16 bits per heavy atom. The average Bonchev–Trinajstić information content (AvgIpc) is 2.65. The fourth-order valence-corrected chi connectivity index (χ4v) is 3.12. The topological polar surface area (TPSA) is 52.6 Å². The smallest absolute Gasteiger partial charge is 0.187 e. The molecule has 0 saturated carbocycles. The maximum absolute atomic E-state index is 5.31. The van der Waals surface area contributed by atoms with Gasteiger partial charge in [0.25, 0.3) is 0 Å². The Hall–Kier alpha value is -2.31. The summed E-state index contributed by atoms with van der Waals surface area (Å²) in [4.78, 5) is 6.66. The van der Waals surface area contributed by atoms with Crippen molar-refractivity contribution in [3.8, 4) is 0 Å². The van der Waals surface area contributed by atoms with Gasteiger partial charge < -0.3 is 5.32 Å². The molecule has 0 atom stereocenters. The van der Waals surface area contributed by atoms with Gasteiger partial charge in [-0.1, -0.05) is 36.4 Å². The minimum absolute atomic E-state index is 0.400. The maximum atomic E-state index is 5.31. The Kier molecular flexibility index (Phi) is 6.48. The Morgan fingerprint density at radius 3 is 2.64 bits per heavy atom. The Bertz CT molecular complexity index is 681. The third kappa shape index (κ3) is 5.92. The largest absolute Gasteiger partial charge is 0.358 e. The number of thiocarbonyl (C=S) groups is 1. The van der Waals surface area contributed by atoms with Crippen molar-refractivity contribution < 1.29 is 0 Å². The Morgan fingerprint density at radius 2 is 1.92 bits per heavy atom. The molecule has 0 aliphatic carbocycles. The van der Waals surface area contributed by atoms with E-state index in [2.05, 4.69) is 56.1 Å². The normalized spacial score (nSPS) is 16.0. The number of piperidine rings is 1. The van der Waals surface area contributed by atoms with Gasteiger partial charge in [0.05, 0.1) is 11.9 Å². The molecule has 1 aliphatic rings. The second kappa shape index (κ2) is 9.25. The lowest BCUT2D eigenvalue weighted by Gasteiger charge is -2.32. The molecule has 0 spiro atoms. The zero-order valence-corrected chi connectivity index (χ0v) is 15.0. The molecular weight excluding hydrogens is 330 g/mol. The first-order valence-corrected chi connectivity index (χ1v) is 8.97. The van der Waals surface area contributed by atoms with E-state index in [1.165, 1.54) is 5.56 Å². The van der Waals surface area contributed by atoms with Crippen LogP contribution in [0.3, 0.4) is 0 Å². The fourth-order valence-electron chi connectivity index (χ4n) is 2.90. The molecule has 1 fully saturated rings. The number of hydrogen-bond acceptors (Lipinski definition) is 4.